The Morgan fingerprint density at radius 2 is 2.19 bits per heavy atom. The van der Waals surface area contributed by atoms with Crippen LogP contribution in [0.1, 0.15) is 31.2 Å². The van der Waals surface area contributed by atoms with Crippen LogP contribution < -0.4 is 0 Å². The molecule has 0 saturated carbocycles. The standard InChI is InChI=1S/C12H18N2O2/c1-8-7-11(16-13-8)12(15)9(2)14-5-3-10(12)4-6-14/h7,9-10,15H,3-6H2,1-2H3. The maximum Gasteiger partial charge on any atom is 0.170 e. The Hall–Kier alpha value is -0.870. The molecule has 3 saturated heterocycles. The van der Waals surface area contributed by atoms with Crippen LogP contribution in [0.3, 0.4) is 0 Å². The monoisotopic (exact) mass is 222 g/mol. The summed E-state index contributed by atoms with van der Waals surface area (Å²) in [6.45, 7) is 6.17. The number of piperidine rings is 3. The van der Waals surface area contributed by atoms with Gasteiger partial charge in [-0.15, -0.1) is 0 Å². The second-order valence-corrected chi connectivity index (χ2v) is 5.14. The molecule has 4 heteroatoms. The number of rotatable bonds is 1. The van der Waals surface area contributed by atoms with Crippen LogP contribution in [0.25, 0.3) is 0 Å². The van der Waals surface area contributed by atoms with Crippen LogP contribution in [0.2, 0.25) is 0 Å². The van der Waals surface area contributed by atoms with Crippen molar-refractivity contribution in [3.63, 3.8) is 0 Å². The van der Waals surface area contributed by atoms with Crippen LogP contribution in [0.5, 0.6) is 0 Å². The van der Waals surface area contributed by atoms with Gasteiger partial charge in [0.25, 0.3) is 0 Å². The van der Waals surface area contributed by atoms with Gasteiger partial charge in [-0.3, -0.25) is 4.90 Å². The minimum Gasteiger partial charge on any atom is -0.380 e. The minimum absolute atomic E-state index is 0.132. The lowest BCUT2D eigenvalue weighted by atomic mass is 9.69. The quantitative estimate of drug-likeness (QED) is 0.777. The Morgan fingerprint density at radius 3 is 2.69 bits per heavy atom. The highest BCUT2D eigenvalue weighted by Gasteiger charge is 2.54. The van der Waals surface area contributed by atoms with E-state index in [4.69, 9.17) is 4.52 Å². The van der Waals surface area contributed by atoms with E-state index in [1.165, 1.54) is 0 Å². The third kappa shape index (κ3) is 1.20. The number of aryl methyl sites for hydroxylation is 1. The maximum atomic E-state index is 10.9. The summed E-state index contributed by atoms with van der Waals surface area (Å²) < 4.78 is 5.30. The van der Waals surface area contributed by atoms with Crippen molar-refractivity contribution < 1.29 is 9.63 Å². The first-order valence-electron chi connectivity index (χ1n) is 6.02. The Kier molecular flexibility index (Phi) is 2.13. The third-order valence-corrected chi connectivity index (χ3v) is 4.36. The molecule has 0 radical (unpaired) electrons. The molecule has 1 aromatic heterocycles. The van der Waals surface area contributed by atoms with E-state index in [9.17, 15) is 5.11 Å². The van der Waals surface area contributed by atoms with Gasteiger partial charge in [0.15, 0.2) is 5.76 Å². The smallest absolute Gasteiger partial charge is 0.170 e. The van der Waals surface area contributed by atoms with Crippen LogP contribution >= 0.6 is 0 Å². The number of hydrogen-bond donors (Lipinski definition) is 1. The summed E-state index contributed by atoms with van der Waals surface area (Å²) in [7, 11) is 0. The van der Waals surface area contributed by atoms with E-state index in [0.29, 0.717) is 11.7 Å². The molecular weight excluding hydrogens is 204 g/mol. The van der Waals surface area contributed by atoms with Crippen LogP contribution in [0, 0.1) is 12.8 Å². The molecule has 3 aliphatic heterocycles. The maximum absolute atomic E-state index is 10.9. The minimum atomic E-state index is -0.836. The van der Waals surface area contributed by atoms with E-state index < -0.39 is 5.60 Å². The van der Waals surface area contributed by atoms with Crippen molar-refractivity contribution in [2.45, 2.75) is 38.3 Å². The molecule has 0 spiro atoms. The molecule has 2 unspecified atom stereocenters. The predicted molar refractivity (Wildman–Crippen MR) is 58.9 cm³/mol. The van der Waals surface area contributed by atoms with Gasteiger partial charge in [-0.25, -0.2) is 0 Å². The highest BCUT2D eigenvalue weighted by molar-refractivity contribution is 5.19. The van der Waals surface area contributed by atoms with Gasteiger partial charge in [0.2, 0.25) is 0 Å². The number of nitrogens with zero attached hydrogens (tertiary/aromatic N) is 2. The lowest BCUT2D eigenvalue weighted by molar-refractivity contribution is -0.167. The molecule has 4 heterocycles. The molecule has 16 heavy (non-hydrogen) atoms. The summed E-state index contributed by atoms with van der Waals surface area (Å²) in [5.74, 6) is 0.965. The van der Waals surface area contributed by atoms with Gasteiger partial charge in [0.1, 0.15) is 5.60 Å². The van der Waals surface area contributed by atoms with E-state index in [-0.39, 0.29) is 6.04 Å². The lowest BCUT2D eigenvalue weighted by Crippen LogP contribution is -2.62. The first-order chi connectivity index (χ1) is 7.62. The Bertz CT molecular complexity index is 391. The summed E-state index contributed by atoms with van der Waals surface area (Å²) in [4.78, 5) is 2.35. The molecular formula is C12H18N2O2. The average molecular weight is 222 g/mol. The molecule has 3 aliphatic rings. The number of aliphatic hydroxyl groups is 1. The number of hydrogen-bond acceptors (Lipinski definition) is 4. The zero-order chi connectivity index (χ0) is 11.3. The fraction of sp³-hybridized carbons (Fsp3) is 0.750. The van der Waals surface area contributed by atoms with Gasteiger partial charge in [0, 0.05) is 12.1 Å². The summed E-state index contributed by atoms with van der Waals surface area (Å²) in [5.41, 5.74) is 0.00433. The Balaban J connectivity index is 2.03. The largest absolute Gasteiger partial charge is 0.380 e. The fourth-order valence-electron chi connectivity index (χ4n) is 3.31. The normalized spacial score (nSPS) is 42.6. The van der Waals surface area contributed by atoms with Crippen molar-refractivity contribution in [1.82, 2.24) is 10.1 Å². The van der Waals surface area contributed by atoms with Gasteiger partial charge in [0.05, 0.1) is 5.69 Å². The van der Waals surface area contributed by atoms with Gasteiger partial charge in [-0.05, 0) is 45.7 Å². The van der Waals surface area contributed by atoms with Gasteiger partial charge >= 0.3 is 0 Å². The molecule has 0 aromatic carbocycles. The van der Waals surface area contributed by atoms with Crippen molar-refractivity contribution in [1.29, 1.82) is 0 Å². The molecule has 3 fully saturated rings. The van der Waals surface area contributed by atoms with E-state index in [1.54, 1.807) is 0 Å². The zero-order valence-electron chi connectivity index (χ0n) is 9.81. The summed E-state index contributed by atoms with van der Waals surface area (Å²) in [5, 5.41) is 14.8. The molecule has 1 N–H and O–H groups in total. The molecule has 4 rings (SSSR count). The second kappa shape index (κ2) is 3.31. The molecule has 0 aliphatic carbocycles. The highest BCUT2D eigenvalue weighted by Crippen LogP contribution is 2.46. The van der Waals surface area contributed by atoms with E-state index >= 15 is 0 Å². The number of aromatic nitrogens is 1. The number of fused-ring (bicyclic) bond motifs is 3. The molecule has 4 nitrogen and oxygen atoms in total. The van der Waals surface area contributed by atoms with Crippen molar-refractivity contribution in [2.24, 2.45) is 5.92 Å². The van der Waals surface area contributed by atoms with Gasteiger partial charge < -0.3 is 9.63 Å². The molecule has 1 aromatic rings. The van der Waals surface area contributed by atoms with Gasteiger partial charge in [-0.2, -0.15) is 0 Å². The van der Waals surface area contributed by atoms with Crippen LogP contribution in [0.15, 0.2) is 10.6 Å². The third-order valence-electron chi connectivity index (χ3n) is 4.36. The summed E-state index contributed by atoms with van der Waals surface area (Å²) >= 11 is 0. The van der Waals surface area contributed by atoms with Crippen LogP contribution in [-0.2, 0) is 5.60 Å². The first-order valence-corrected chi connectivity index (χ1v) is 6.02. The van der Waals surface area contributed by atoms with E-state index in [0.717, 1.165) is 31.6 Å². The van der Waals surface area contributed by atoms with Gasteiger partial charge in [-0.1, -0.05) is 5.16 Å². The second-order valence-electron chi connectivity index (χ2n) is 5.14. The molecule has 2 atom stereocenters. The van der Waals surface area contributed by atoms with E-state index in [2.05, 4.69) is 17.0 Å². The lowest BCUT2D eigenvalue weighted by Gasteiger charge is -2.53. The van der Waals surface area contributed by atoms with Crippen LogP contribution in [0.4, 0.5) is 0 Å². The Labute approximate surface area is 95.2 Å². The highest BCUT2D eigenvalue weighted by atomic mass is 16.5. The first kappa shape index (κ1) is 10.3. The Morgan fingerprint density at radius 1 is 1.50 bits per heavy atom. The molecule has 2 bridgehead atoms. The predicted octanol–water partition coefficient (Wildman–Crippen LogP) is 1.28. The topological polar surface area (TPSA) is 49.5 Å². The van der Waals surface area contributed by atoms with Crippen molar-refractivity contribution in [2.75, 3.05) is 13.1 Å². The average Bonchev–Trinajstić information content (AvgIpc) is 2.73. The summed E-state index contributed by atoms with van der Waals surface area (Å²) in [6.07, 6.45) is 2.11. The van der Waals surface area contributed by atoms with Crippen molar-refractivity contribution >= 4 is 0 Å². The summed E-state index contributed by atoms with van der Waals surface area (Å²) in [6, 6.07) is 2.01. The SMILES string of the molecule is Cc1cc(C2(O)C3CCN(CC3)C2C)on1. The zero-order valence-corrected chi connectivity index (χ0v) is 9.81. The van der Waals surface area contributed by atoms with Crippen molar-refractivity contribution in [3.05, 3.63) is 17.5 Å². The molecule has 0 amide bonds. The van der Waals surface area contributed by atoms with Crippen molar-refractivity contribution in [3.8, 4) is 0 Å². The van der Waals surface area contributed by atoms with Crippen LogP contribution in [-0.4, -0.2) is 34.3 Å². The molecule has 88 valence electrons. The van der Waals surface area contributed by atoms with E-state index in [1.807, 2.05) is 13.0 Å². The fourth-order valence-corrected chi connectivity index (χ4v) is 3.31.